The number of hydrogen-bond donors (Lipinski definition) is 2. The Labute approximate surface area is 263 Å². The molecular formula is C40H30O3Si2. The summed E-state index contributed by atoms with van der Waals surface area (Å²) in [6.45, 7) is 0. The van der Waals surface area contributed by atoms with Crippen LogP contribution in [0.4, 0.5) is 0 Å². The average Bonchev–Trinajstić information content (AvgIpc) is 3.10. The third-order valence-corrected chi connectivity index (χ3v) is 15.9. The first-order chi connectivity index (χ1) is 22.1. The van der Waals surface area contributed by atoms with Crippen molar-refractivity contribution in [2.45, 2.75) is 0 Å². The molecule has 0 aliphatic carbocycles. The van der Waals surface area contributed by atoms with Gasteiger partial charge in [0.1, 0.15) is 0 Å². The molecule has 216 valence electrons. The Hall–Kier alpha value is -4.89. The van der Waals surface area contributed by atoms with Crippen molar-refractivity contribution in [3.05, 3.63) is 170 Å². The van der Waals surface area contributed by atoms with Gasteiger partial charge in [-0.05, 0) is 43.1 Å². The van der Waals surface area contributed by atoms with Gasteiger partial charge in [0.2, 0.25) is 0 Å². The maximum atomic E-state index is 13.5. The minimum absolute atomic E-state index is 0.711. The quantitative estimate of drug-likeness (QED) is 0.222. The Kier molecular flexibility index (Phi) is 6.71. The fourth-order valence-corrected chi connectivity index (χ4v) is 14.5. The van der Waals surface area contributed by atoms with Crippen LogP contribution >= 0.6 is 0 Å². The van der Waals surface area contributed by atoms with Crippen molar-refractivity contribution < 1.29 is 13.7 Å². The highest BCUT2D eigenvalue weighted by Crippen LogP contribution is 2.25. The van der Waals surface area contributed by atoms with Crippen LogP contribution in [-0.4, -0.2) is 26.7 Å². The second kappa shape index (κ2) is 10.9. The molecule has 0 unspecified atom stereocenters. The van der Waals surface area contributed by atoms with E-state index in [1.807, 2.05) is 121 Å². The van der Waals surface area contributed by atoms with Crippen LogP contribution in [-0.2, 0) is 4.12 Å². The van der Waals surface area contributed by atoms with Crippen molar-refractivity contribution in [3.8, 4) is 0 Å². The van der Waals surface area contributed by atoms with Crippen LogP contribution in [0.25, 0.3) is 43.1 Å². The lowest BCUT2D eigenvalue weighted by Crippen LogP contribution is -2.73. The zero-order valence-electron chi connectivity index (χ0n) is 24.5. The number of fused-ring (bicyclic) bond motifs is 4. The van der Waals surface area contributed by atoms with E-state index < -0.39 is 17.1 Å². The minimum atomic E-state index is -4.19. The lowest BCUT2D eigenvalue weighted by molar-refractivity contribution is 0.347. The van der Waals surface area contributed by atoms with Crippen LogP contribution in [0.15, 0.2) is 170 Å². The van der Waals surface area contributed by atoms with Crippen LogP contribution in [0, 0.1) is 0 Å². The first kappa shape index (κ1) is 27.6. The molecule has 3 nitrogen and oxygen atoms in total. The Morgan fingerprint density at radius 1 is 0.289 bits per heavy atom. The zero-order valence-corrected chi connectivity index (χ0v) is 26.5. The van der Waals surface area contributed by atoms with Crippen LogP contribution in [0.2, 0.25) is 0 Å². The van der Waals surface area contributed by atoms with E-state index in [9.17, 15) is 9.59 Å². The molecule has 5 heteroatoms. The summed E-state index contributed by atoms with van der Waals surface area (Å²) in [5.74, 6) is 0. The highest BCUT2D eigenvalue weighted by molar-refractivity contribution is 7.05. The van der Waals surface area contributed by atoms with Crippen molar-refractivity contribution in [3.63, 3.8) is 0 Å². The molecule has 45 heavy (non-hydrogen) atoms. The highest BCUT2D eigenvalue weighted by Gasteiger charge is 2.53. The Bertz CT molecular complexity index is 2020. The standard InChI is InChI=1S/C40H30O3Si2/c41-44(37-25-9-17-29-13-1-5-21-33(29)37,38-26-10-18-30-14-2-6-22-34(30)38)43-45(42,39-27-11-19-31-15-3-7-23-35(31)39)40-28-12-20-32-16-4-8-24-36(32)40/h1-28,41-42H. The van der Waals surface area contributed by atoms with Gasteiger partial charge in [-0.2, -0.15) is 0 Å². The third kappa shape index (κ3) is 4.53. The molecule has 0 aliphatic heterocycles. The first-order valence-electron chi connectivity index (χ1n) is 15.1. The van der Waals surface area contributed by atoms with Crippen molar-refractivity contribution in [1.29, 1.82) is 0 Å². The SMILES string of the molecule is O[Si](O[Si](O)(c1cccc2ccccc12)c1cccc2ccccc12)(c1cccc2ccccc12)c1cccc2ccccc12. The molecule has 8 rings (SSSR count). The van der Waals surface area contributed by atoms with E-state index in [1.165, 1.54) is 0 Å². The maximum Gasteiger partial charge on any atom is 0.397 e. The van der Waals surface area contributed by atoms with Crippen molar-refractivity contribution in [2.24, 2.45) is 0 Å². The smallest absolute Gasteiger partial charge is 0.397 e. The predicted molar refractivity (Wildman–Crippen MR) is 191 cm³/mol. The summed E-state index contributed by atoms with van der Waals surface area (Å²) in [6, 6.07) is 56.3. The van der Waals surface area contributed by atoms with Gasteiger partial charge >= 0.3 is 17.1 Å². The molecule has 0 saturated heterocycles. The Morgan fingerprint density at radius 3 is 0.778 bits per heavy atom. The van der Waals surface area contributed by atoms with Crippen LogP contribution < -0.4 is 20.7 Å². The van der Waals surface area contributed by atoms with Gasteiger partial charge in [0.25, 0.3) is 0 Å². The molecule has 0 bridgehead atoms. The van der Waals surface area contributed by atoms with Gasteiger partial charge in [-0.1, -0.05) is 170 Å². The molecule has 0 aromatic heterocycles. The summed E-state index contributed by atoms with van der Waals surface area (Å²) in [5, 5.41) is 10.5. The number of hydrogen-bond acceptors (Lipinski definition) is 3. The van der Waals surface area contributed by atoms with Crippen molar-refractivity contribution in [2.75, 3.05) is 0 Å². The number of benzene rings is 8. The fraction of sp³-hybridized carbons (Fsp3) is 0. The van der Waals surface area contributed by atoms with Gasteiger partial charge < -0.3 is 13.7 Å². The monoisotopic (exact) mass is 614 g/mol. The van der Waals surface area contributed by atoms with E-state index in [-0.39, 0.29) is 0 Å². The molecule has 0 spiro atoms. The van der Waals surface area contributed by atoms with Gasteiger partial charge in [-0.25, -0.2) is 0 Å². The second-order valence-electron chi connectivity index (χ2n) is 11.5. The molecule has 0 atom stereocenters. The van der Waals surface area contributed by atoms with Gasteiger partial charge in [0, 0.05) is 20.7 Å². The zero-order chi connectivity index (χ0) is 30.4. The maximum absolute atomic E-state index is 13.5. The molecule has 2 N–H and O–H groups in total. The fourth-order valence-electron chi connectivity index (χ4n) is 6.81. The predicted octanol–water partition coefficient (Wildman–Crippen LogP) is 6.11. The highest BCUT2D eigenvalue weighted by atomic mass is 28.5. The summed E-state index contributed by atoms with van der Waals surface area (Å²) in [5.41, 5.74) is 0. The van der Waals surface area contributed by atoms with Crippen LogP contribution in [0.3, 0.4) is 0 Å². The Morgan fingerprint density at radius 2 is 0.511 bits per heavy atom. The normalized spacial score (nSPS) is 12.3. The lowest BCUT2D eigenvalue weighted by atomic mass is 10.1. The van der Waals surface area contributed by atoms with Gasteiger partial charge in [-0.3, -0.25) is 0 Å². The lowest BCUT2D eigenvalue weighted by Gasteiger charge is -2.37. The molecule has 0 aliphatic rings. The average molecular weight is 615 g/mol. The molecule has 0 radical (unpaired) electrons. The summed E-state index contributed by atoms with van der Waals surface area (Å²) in [4.78, 5) is 27.1. The topological polar surface area (TPSA) is 49.7 Å². The molecule has 0 saturated carbocycles. The molecule has 0 heterocycles. The van der Waals surface area contributed by atoms with Crippen molar-refractivity contribution in [1.82, 2.24) is 0 Å². The van der Waals surface area contributed by atoms with E-state index >= 15 is 0 Å². The van der Waals surface area contributed by atoms with Crippen molar-refractivity contribution >= 4 is 81.0 Å². The molecule has 0 amide bonds. The van der Waals surface area contributed by atoms with Gasteiger partial charge in [0.05, 0.1) is 0 Å². The summed E-state index contributed by atoms with van der Waals surface area (Å²) >= 11 is 0. The van der Waals surface area contributed by atoms with E-state index in [0.29, 0.717) is 20.7 Å². The third-order valence-electron chi connectivity index (χ3n) is 8.91. The number of rotatable bonds is 6. The summed E-state index contributed by atoms with van der Waals surface area (Å²) in [6.07, 6.45) is 0. The molecule has 8 aromatic carbocycles. The van der Waals surface area contributed by atoms with Gasteiger partial charge in [-0.15, -0.1) is 0 Å². The van der Waals surface area contributed by atoms with Crippen LogP contribution in [0.1, 0.15) is 0 Å². The van der Waals surface area contributed by atoms with Gasteiger partial charge in [0.15, 0.2) is 0 Å². The van der Waals surface area contributed by atoms with E-state index in [1.54, 1.807) is 0 Å². The van der Waals surface area contributed by atoms with Crippen LogP contribution in [0.5, 0.6) is 0 Å². The minimum Gasteiger partial charge on any atom is -0.404 e. The molecular weight excluding hydrogens is 585 g/mol. The largest absolute Gasteiger partial charge is 0.404 e. The second-order valence-corrected chi connectivity index (χ2v) is 17.0. The molecule has 0 fully saturated rings. The van der Waals surface area contributed by atoms with E-state index in [4.69, 9.17) is 4.12 Å². The first-order valence-corrected chi connectivity index (χ1v) is 18.9. The van der Waals surface area contributed by atoms with E-state index in [0.717, 1.165) is 43.1 Å². The molecule has 8 aromatic rings. The summed E-state index contributed by atoms with van der Waals surface area (Å²) in [7, 11) is -8.39. The van der Waals surface area contributed by atoms with E-state index in [2.05, 4.69) is 48.5 Å². The Balaban J connectivity index is 1.49. The summed E-state index contributed by atoms with van der Waals surface area (Å²) < 4.78 is 7.39.